The van der Waals surface area contributed by atoms with Gasteiger partial charge in [-0.2, -0.15) is 0 Å². The highest BCUT2D eigenvalue weighted by atomic mass is 16.6. The molecule has 0 bridgehead atoms. The number of anilines is 4. The van der Waals surface area contributed by atoms with E-state index in [-0.39, 0.29) is 34.1 Å². The third-order valence-electron chi connectivity index (χ3n) is 4.45. The number of carbonyl (C=O) groups is 2. The van der Waals surface area contributed by atoms with Gasteiger partial charge in [0.05, 0.1) is 40.9 Å². The van der Waals surface area contributed by atoms with Crippen LogP contribution in [0.3, 0.4) is 0 Å². The molecule has 3 aromatic rings. The van der Waals surface area contributed by atoms with Crippen molar-refractivity contribution in [2.24, 2.45) is 0 Å². The van der Waals surface area contributed by atoms with Crippen LogP contribution in [0.1, 0.15) is 20.7 Å². The van der Waals surface area contributed by atoms with E-state index in [4.69, 9.17) is 0 Å². The van der Waals surface area contributed by atoms with Crippen molar-refractivity contribution in [3.05, 3.63) is 80.1 Å². The normalized spacial score (nSPS) is 10.1. The van der Waals surface area contributed by atoms with Gasteiger partial charge in [-0.05, 0) is 30.3 Å². The first-order valence-corrected chi connectivity index (χ1v) is 9.58. The summed E-state index contributed by atoms with van der Waals surface area (Å²) in [5, 5.41) is 25.3. The van der Waals surface area contributed by atoms with Gasteiger partial charge in [-0.25, -0.2) is 19.6 Å². The molecule has 0 aliphatic heterocycles. The van der Waals surface area contributed by atoms with Crippen LogP contribution in [0.2, 0.25) is 0 Å². The van der Waals surface area contributed by atoms with E-state index in [2.05, 4.69) is 35.6 Å². The number of nitro groups is 2. The number of hydrogen-bond acceptors (Lipinski definition) is 13. The molecule has 1 aromatic heterocycles. The molecule has 15 nitrogen and oxygen atoms in total. The molecule has 0 radical (unpaired) electrons. The zero-order valence-corrected chi connectivity index (χ0v) is 18.2. The molecule has 0 atom stereocenters. The molecule has 0 aliphatic rings. The van der Waals surface area contributed by atoms with Gasteiger partial charge in [0.15, 0.2) is 0 Å². The largest absolute Gasteiger partial charge is 0.465 e. The standard InChI is InChI=1S/C20H17N7O8/c1-34-19(28)11-7-12(20(29)35-2)9-14(8-11)23-17-16(27(32)33)18(22-10-21-17)25-24-13-3-5-15(6-4-13)26(30)31/h3-10,24H,1-2H3,(H2,21,22,23,25). The van der Waals surface area contributed by atoms with Crippen molar-refractivity contribution in [1.29, 1.82) is 0 Å². The van der Waals surface area contributed by atoms with Gasteiger partial charge >= 0.3 is 17.6 Å². The Morgan fingerprint density at radius 1 is 0.800 bits per heavy atom. The van der Waals surface area contributed by atoms with Gasteiger partial charge in [0.1, 0.15) is 6.33 Å². The first-order valence-electron chi connectivity index (χ1n) is 9.58. The summed E-state index contributed by atoms with van der Waals surface area (Å²) in [5.41, 5.74) is 5.00. The summed E-state index contributed by atoms with van der Waals surface area (Å²) in [6.07, 6.45) is 1.04. The molecule has 0 amide bonds. The van der Waals surface area contributed by atoms with Crippen molar-refractivity contribution < 1.29 is 28.9 Å². The van der Waals surface area contributed by atoms with E-state index in [0.717, 1.165) is 20.5 Å². The average molecular weight is 483 g/mol. The molecule has 0 unspecified atom stereocenters. The maximum Gasteiger partial charge on any atom is 0.355 e. The van der Waals surface area contributed by atoms with Gasteiger partial charge in [0.2, 0.25) is 11.6 Å². The van der Waals surface area contributed by atoms with Crippen molar-refractivity contribution in [2.45, 2.75) is 0 Å². The summed E-state index contributed by atoms with van der Waals surface area (Å²) in [6.45, 7) is 0. The summed E-state index contributed by atoms with van der Waals surface area (Å²) in [4.78, 5) is 53.0. The molecule has 0 fully saturated rings. The Morgan fingerprint density at radius 2 is 1.37 bits per heavy atom. The molecule has 0 spiro atoms. The second kappa shape index (κ2) is 10.5. The van der Waals surface area contributed by atoms with E-state index in [0.29, 0.717) is 5.69 Å². The minimum Gasteiger partial charge on any atom is -0.465 e. The lowest BCUT2D eigenvalue weighted by atomic mass is 10.1. The Balaban J connectivity index is 1.92. The van der Waals surface area contributed by atoms with Crippen molar-refractivity contribution in [3.8, 4) is 0 Å². The monoisotopic (exact) mass is 483 g/mol. The number of nitrogens with zero attached hydrogens (tertiary/aromatic N) is 4. The lowest BCUT2D eigenvalue weighted by molar-refractivity contribution is -0.384. The summed E-state index contributed by atoms with van der Waals surface area (Å²) in [6, 6.07) is 9.15. The van der Waals surface area contributed by atoms with Gasteiger partial charge in [0, 0.05) is 17.8 Å². The fourth-order valence-corrected chi connectivity index (χ4v) is 2.84. The molecule has 0 saturated carbocycles. The number of nitrogens with one attached hydrogen (secondary N) is 3. The number of rotatable bonds is 9. The Hall–Kier alpha value is -5.34. The second-order valence-corrected chi connectivity index (χ2v) is 6.64. The number of hydrogen-bond donors (Lipinski definition) is 3. The summed E-state index contributed by atoms with van der Waals surface area (Å²) < 4.78 is 9.35. The number of ether oxygens (including phenoxy) is 2. The maximum atomic E-state index is 12.0. The lowest BCUT2D eigenvalue weighted by Gasteiger charge is -2.13. The number of hydrazine groups is 1. The number of aromatic nitrogens is 2. The van der Waals surface area contributed by atoms with Gasteiger partial charge in [-0.15, -0.1) is 0 Å². The molecule has 0 saturated heterocycles. The summed E-state index contributed by atoms with van der Waals surface area (Å²) >= 11 is 0. The predicted molar refractivity (Wildman–Crippen MR) is 121 cm³/mol. The Labute approximate surface area is 196 Å². The maximum absolute atomic E-state index is 12.0. The zero-order valence-electron chi connectivity index (χ0n) is 18.2. The molecule has 3 N–H and O–H groups in total. The van der Waals surface area contributed by atoms with Crippen molar-refractivity contribution in [3.63, 3.8) is 0 Å². The van der Waals surface area contributed by atoms with E-state index in [1.807, 2.05) is 0 Å². The van der Waals surface area contributed by atoms with E-state index < -0.39 is 27.5 Å². The molecule has 15 heteroatoms. The van der Waals surface area contributed by atoms with Crippen LogP contribution in [0.15, 0.2) is 48.8 Å². The fourth-order valence-electron chi connectivity index (χ4n) is 2.84. The highest BCUT2D eigenvalue weighted by Gasteiger charge is 2.24. The van der Waals surface area contributed by atoms with Crippen molar-refractivity contribution >= 4 is 46.3 Å². The van der Waals surface area contributed by atoms with Crippen LogP contribution in [0, 0.1) is 20.2 Å². The number of benzene rings is 2. The van der Waals surface area contributed by atoms with Gasteiger partial charge in [-0.3, -0.25) is 31.1 Å². The van der Waals surface area contributed by atoms with Gasteiger partial charge in [-0.1, -0.05) is 0 Å². The van der Waals surface area contributed by atoms with Crippen LogP contribution < -0.4 is 16.2 Å². The topological polar surface area (TPSA) is 201 Å². The van der Waals surface area contributed by atoms with E-state index in [1.165, 1.54) is 42.5 Å². The summed E-state index contributed by atoms with van der Waals surface area (Å²) in [7, 11) is 2.32. The average Bonchev–Trinajstić information content (AvgIpc) is 2.86. The Bertz CT molecular complexity index is 1260. The van der Waals surface area contributed by atoms with E-state index in [1.54, 1.807) is 0 Å². The minimum atomic E-state index is -0.745. The van der Waals surface area contributed by atoms with Gasteiger partial charge < -0.3 is 14.8 Å². The smallest absolute Gasteiger partial charge is 0.355 e. The number of non-ortho nitro benzene ring substituents is 1. The minimum absolute atomic E-state index is 0.00667. The van der Waals surface area contributed by atoms with Gasteiger partial charge in [0.25, 0.3) is 5.69 Å². The molecule has 0 aliphatic carbocycles. The quantitative estimate of drug-likeness (QED) is 0.228. The van der Waals surface area contributed by atoms with Crippen LogP contribution in [0.25, 0.3) is 0 Å². The first kappa shape index (κ1) is 24.3. The van der Waals surface area contributed by atoms with E-state index >= 15 is 0 Å². The second-order valence-electron chi connectivity index (χ2n) is 6.64. The number of nitro benzene ring substituents is 1. The Kier molecular flexibility index (Phi) is 7.30. The summed E-state index contributed by atoms with van der Waals surface area (Å²) in [5.74, 6) is -1.98. The molecule has 2 aromatic carbocycles. The van der Waals surface area contributed by atoms with Crippen LogP contribution in [-0.4, -0.2) is 46.0 Å². The van der Waals surface area contributed by atoms with Crippen LogP contribution in [-0.2, 0) is 9.47 Å². The van der Waals surface area contributed by atoms with E-state index in [9.17, 15) is 29.8 Å². The molecule has 180 valence electrons. The number of carbonyl (C=O) groups excluding carboxylic acids is 2. The first-order chi connectivity index (χ1) is 16.7. The SMILES string of the molecule is COC(=O)c1cc(Nc2ncnc(NNc3ccc([N+](=O)[O-])cc3)c2[N+](=O)[O-])cc(C(=O)OC)c1. The zero-order chi connectivity index (χ0) is 25.5. The molecule has 1 heterocycles. The molecule has 35 heavy (non-hydrogen) atoms. The number of methoxy groups -OCH3 is 2. The number of esters is 2. The predicted octanol–water partition coefficient (Wildman–Crippen LogP) is 3.05. The molecule has 3 rings (SSSR count). The molecular formula is C20H17N7O8. The highest BCUT2D eigenvalue weighted by molar-refractivity contribution is 5.97. The third kappa shape index (κ3) is 5.72. The molecular weight excluding hydrogens is 466 g/mol. The fraction of sp³-hybridized carbons (Fsp3) is 0.100. The van der Waals surface area contributed by atoms with Crippen LogP contribution >= 0.6 is 0 Å². The van der Waals surface area contributed by atoms with Crippen molar-refractivity contribution in [1.82, 2.24) is 9.97 Å². The lowest BCUT2D eigenvalue weighted by Crippen LogP contribution is -2.14. The Morgan fingerprint density at radius 3 is 1.89 bits per heavy atom. The van der Waals surface area contributed by atoms with Crippen molar-refractivity contribution in [2.75, 3.05) is 30.4 Å². The van der Waals surface area contributed by atoms with Crippen LogP contribution in [0.4, 0.5) is 34.4 Å². The highest BCUT2D eigenvalue weighted by Crippen LogP contribution is 2.32. The van der Waals surface area contributed by atoms with Crippen LogP contribution in [0.5, 0.6) is 0 Å². The third-order valence-corrected chi connectivity index (χ3v) is 4.45.